The summed E-state index contributed by atoms with van der Waals surface area (Å²) in [5, 5.41) is 8.46. The molecule has 4 heterocycles. The van der Waals surface area contributed by atoms with Gasteiger partial charge in [-0.1, -0.05) is 6.07 Å². The zero-order valence-corrected chi connectivity index (χ0v) is 14.8. The van der Waals surface area contributed by atoms with Crippen molar-refractivity contribution < 1.29 is 13.2 Å². The van der Waals surface area contributed by atoms with Gasteiger partial charge in [-0.15, -0.1) is 10.2 Å². The highest BCUT2D eigenvalue weighted by atomic mass is 32.2. The number of rotatable bonds is 3. The molecular formula is C15H20N6O3S. The molecule has 1 atom stereocenters. The molecule has 0 unspecified atom stereocenters. The first-order chi connectivity index (χ1) is 12.1. The smallest absolute Gasteiger partial charge is 0.282 e. The van der Waals surface area contributed by atoms with Crippen LogP contribution in [-0.2, 0) is 21.5 Å². The predicted octanol–water partition coefficient (Wildman–Crippen LogP) is 0.294. The summed E-state index contributed by atoms with van der Waals surface area (Å²) in [5.41, 5.74) is 0.734. The van der Waals surface area contributed by atoms with Crippen LogP contribution in [0, 0.1) is 0 Å². The van der Waals surface area contributed by atoms with Crippen molar-refractivity contribution in [1.82, 2.24) is 28.4 Å². The van der Waals surface area contributed by atoms with Crippen molar-refractivity contribution in [2.45, 2.75) is 19.5 Å². The summed E-state index contributed by atoms with van der Waals surface area (Å²) in [6, 6.07) is 5.54. The minimum Gasteiger partial charge on any atom is -0.379 e. The van der Waals surface area contributed by atoms with Crippen LogP contribution in [0.2, 0.25) is 0 Å². The Morgan fingerprint density at radius 2 is 1.96 bits per heavy atom. The summed E-state index contributed by atoms with van der Waals surface area (Å²) in [7, 11) is -3.53. The van der Waals surface area contributed by atoms with Gasteiger partial charge in [-0.3, -0.25) is 4.98 Å². The lowest BCUT2D eigenvalue weighted by Gasteiger charge is -2.36. The quantitative estimate of drug-likeness (QED) is 0.777. The molecule has 0 aliphatic carbocycles. The maximum Gasteiger partial charge on any atom is 0.282 e. The third-order valence-corrected chi connectivity index (χ3v) is 6.46. The molecule has 134 valence electrons. The van der Waals surface area contributed by atoms with Gasteiger partial charge in [0.05, 0.1) is 19.8 Å². The average Bonchev–Trinajstić information content (AvgIpc) is 3.08. The number of ether oxygens (including phenoxy) is 1. The molecule has 2 aliphatic heterocycles. The van der Waals surface area contributed by atoms with Crippen molar-refractivity contribution in [1.29, 1.82) is 0 Å². The lowest BCUT2D eigenvalue weighted by Crippen LogP contribution is -2.51. The van der Waals surface area contributed by atoms with E-state index in [1.807, 2.05) is 29.7 Å². The second-order valence-electron chi connectivity index (χ2n) is 6.19. The summed E-state index contributed by atoms with van der Waals surface area (Å²) in [6.07, 6.45) is 1.71. The molecule has 2 aromatic rings. The first-order valence-corrected chi connectivity index (χ1v) is 9.65. The van der Waals surface area contributed by atoms with Gasteiger partial charge in [0.25, 0.3) is 10.2 Å². The van der Waals surface area contributed by atoms with Gasteiger partial charge >= 0.3 is 0 Å². The van der Waals surface area contributed by atoms with Crippen molar-refractivity contribution in [2.24, 2.45) is 0 Å². The van der Waals surface area contributed by atoms with Crippen LogP contribution in [0.25, 0.3) is 11.5 Å². The third-order valence-electron chi connectivity index (χ3n) is 4.51. The van der Waals surface area contributed by atoms with E-state index in [0.29, 0.717) is 44.5 Å². The standard InChI is InChI=1S/C15H20N6O3S/c1-12-10-20(25(22,23)19-6-8-24-9-7-19)11-14-17-18-15(21(12)14)13-4-2-3-5-16-13/h2-5,12H,6-11H2,1H3/t12-/m0/s1. The minimum absolute atomic E-state index is 0.0772. The van der Waals surface area contributed by atoms with Crippen LogP contribution in [0.5, 0.6) is 0 Å². The van der Waals surface area contributed by atoms with Crippen molar-refractivity contribution in [2.75, 3.05) is 32.8 Å². The molecule has 25 heavy (non-hydrogen) atoms. The van der Waals surface area contributed by atoms with Crippen LogP contribution >= 0.6 is 0 Å². The van der Waals surface area contributed by atoms with Crippen LogP contribution in [0.1, 0.15) is 18.8 Å². The second-order valence-corrected chi connectivity index (χ2v) is 8.11. The number of nitrogens with zero attached hydrogens (tertiary/aromatic N) is 6. The largest absolute Gasteiger partial charge is 0.379 e. The number of morpholine rings is 1. The van der Waals surface area contributed by atoms with E-state index in [0.717, 1.165) is 5.69 Å². The summed E-state index contributed by atoms with van der Waals surface area (Å²) < 4.78 is 36.0. The second kappa shape index (κ2) is 6.45. The fraction of sp³-hybridized carbons (Fsp3) is 0.533. The molecule has 0 bridgehead atoms. The third kappa shape index (κ3) is 2.95. The molecule has 0 saturated carbocycles. The molecule has 1 saturated heterocycles. The first-order valence-electron chi connectivity index (χ1n) is 8.25. The highest BCUT2D eigenvalue weighted by Crippen LogP contribution is 2.28. The summed E-state index contributed by atoms with van der Waals surface area (Å²) in [4.78, 5) is 4.33. The van der Waals surface area contributed by atoms with Gasteiger partial charge in [-0.05, 0) is 19.1 Å². The van der Waals surface area contributed by atoms with E-state index in [2.05, 4.69) is 15.2 Å². The molecule has 4 rings (SSSR count). The van der Waals surface area contributed by atoms with Crippen molar-refractivity contribution in [3.63, 3.8) is 0 Å². The van der Waals surface area contributed by atoms with Gasteiger partial charge in [-0.2, -0.15) is 17.0 Å². The monoisotopic (exact) mass is 364 g/mol. The van der Waals surface area contributed by atoms with Crippen molar-refractivity contribution >= 4 is 10.2 Å². The summed E-state index contributed by atoms with van der Waals surface area (Å²) in [5.74, 6) is 1.31. The Kier molecular flexibility index (Phi) is 4.28. The van der Waals surface area contributed by atoms with Crippen molar-refractivity contribution in [3.05, 3.63) is 30.2 Å². The van der Waals surface area contributed by atoms with Gasteiger partial charge in [0.1, 0.15) is 11.5 Å². The Labute approximate surface area is 146 Å². The highest BCUT2D eigenvalue weighted by molar-refractivity contribution is 7.86. The topological polar surface area (TPSA) is 93.5 Å². The molecule has 0 spiro atoms. The Bertz CT molecular complexity index is 847. The van der Waals surface area contributed by atoms with Crippen LogP contribution < -0.4 is 0 Å². The van der Waals surface area contributed by atoms with Gasteiger partial charge < -0.3 is 9.30 Å². The fourth-order valence-corrected chi connectivity index (χ4v) is 4.90. The molecule has 0 radical (unpaired) electrons. The molecular weight excluding hydrogens is 344 g/mol. The van der Waals surface area contributed by atoms with E-state index in [1.165, 1.54) is 8.61 Å². The lowest BCUT2D eigenvalue weighted by atomic mass is 10.2. The number of hydrogen-bond acceptors (Lipinski definition) is 6. The van der Waals surface area contributed by atoms with Gasteiger partial charge in [-0.25, -0.2) is 0 Å². The number of pyridine rings is 1. The maximum atomic E-state index is 12.9. The Balaban J connectivity index is 1.63. The Hall–Kier alpha value is -1.88. The van der Waals surface area contributed by atoms with Crippen LogP contribution in [0.3, 0.4) is 0 Å². The zero-order valence-electron chi connectivity index (χ0n) is 13.9. The van der Waals surface area contributed by atoms with E-state index in [-0.39, 0.29) is 12.6 Å². The van der Waals surface area contributed by atoms with Crippen molar-refractivity contribution in [3.8, 4) is 11.5 Å². The molecule has 2 aromatic heterocycles. The number of aromatic nitrogens is 4. The average molecular weight is 364 g/mol. The van der Waals surface area contributed by atoms with E-state index < -0.39 is 10.2 Å². The summed E-state index contributed by atoms with van der Waals surface area (Å²) in [6.45, 7) is 4.21. The molecule has 0 aromatic carbocycles. The molecule has 2 aliphatic rings. The molecule has 1 fully saturated rings. The zero-order chi connectivity index (χ0) is 17.4. The minimum atomic E-state index is -3.53. The van der Waals surface area contributed by atoms with Gasteiger partial charge in [0.2, 0.25) is 0 Å². The van der Waals surface area contributed by atoms with E-state index in [9.17, 15) is 8.42 Å². The van der Waals surface area contributed by atoms with E-state index in [4.69, 9.17) is 4.74 Å². The first kappa shape index (κ1) is 16.6. The fourth-order valence-electron chi connectivity index (χ4n) is 3.28. The van der Waals surface area contributed by atoms with Gasteiger partial charge in [0, 0.05) is 31.9 Å². The van der Waals surface area contributed by atoms with Crippen LogP contribution in [-0.4, -0.2) is 69.6 Å². The van der Waals surface area contributed by atoms with Crippen LogP contribution in [0.4, 0.5) is 0 Å². The van der Waals surface area contributed by atoms with Crippen LogP contribution in [0.15, 0.2) is 24.4 Å². The Morgan fingerprint density at radius 1 is 1.16 bits per heavy atom. The highest BCUT2D eigenvalue weighted by Gasteiger charge is 2.37. The Morgan fingerprint density at radius 3 is 2.68 bits per heavy atom. The lowest BCUT2D eigenvalue weighted by molar-refractivity contribution is 0.0692. The molecule has 0 N–H and O–H groups in total. The summed E-state index contributed by atoms with van der Waals surface area (Å²) >= 11 is 0. The molecule has 9 nitrogen and oxygen atoms in total. The molecule has 10 heteroatoms. The predicted molar refractivity (Wildman–Crippen MR) is 89.7 cm³/mol. The van der Waals surface area contributed by atoms with E-state index in [1.54, 1.807) is 6.20 Å². The van der Waals surface area contributed by atoms with Gasteiger partial charge in [0.15, 0.2) is 5.82 Å². The number of hydrogen-bond donors (Lipinski definition) is 0. The SMILES string of the molecule is C[C@H]1CN(S(=O)(=O)N2CCOCC2)Cc2nnc(-c3ccccn3)n21. The maximum absolute atomic E-state index is 12.9. The molecule has 0 amide bonds. The normalized spacial score (nSPS) is 22.7. The number of fused-ring (bicyclic) bond motifs is 1. The van der Waals surface area contributed by atoms with E-state index >= 15 is 0 Å².